The number of primary amides is 1. The number of benzene rings is 1. The van der Waals surface area contributed by atoms with E-state index in [0.29, 0.717) is 5.56 Å². The van der Waals surface area contributed by atoms with Gasteiger partial charge in [0.1, 0.15) is 5.75 Å². The van der Waals surface area contributed by atoms with E-state index < -0.39 is 5.91 Å². The van der Waals surface area contributed by atoms with Crippen molar-refractivity contribution in [3.8, 4) is 5.75 Å². The van der Waals surface area contributed by atoms with Crippen LogP contribution in [0.5, 0.6) is 5.75 Å². The Kier molecular flexibility index (Phi) is 7.37. The third-order valence-corrected chi connectivity index (χ3v) is 1.37. The zero-order chi connectivity index (χ0) is 8.27. The lowest BCUT2D eigenvalue weighted by molar-refractivity contribution is 0.100. The zero-order valence-corrected chi connectivity index (χ0v) is 8.65. The van der Waals surface area contributed by atoms with Crippen LogP contribution in [0.25, 0.3) is 0 Å². The van der Waals surface area contributed by atoms with Gasteiger partial charge in [-0.25, -0.2) is 0 Å². The van der Waals surface area contributed by atoms with Gasteiger partial charge < -0.3 is 10.5 Å². The predicted molar refractivity (Wildman–Crippen MR) is 56.0 cm³/mol. The minimum atomic E-state index is -0.423. The van der Waals surface area contributed by atoms with Gasteiger partial charge in [0.25, 0.3) is 0 Å². The number of carbonyl (C=O) groups is 1. The molecule has 0 spiro atoms. The van der Waals surface area contributed by atoms with Crippen molar-refractivity contribution in [2.45, 2.75) is 0 Å². The quantitative estimate of drug-likeness (QED) is 0.830. The van der Waals surface area contributed by atoms with Crippen LogP contribution in [-0.2, 0) is 0 Å². The fourth-order valence-corrected chi connectivity index (χ4v) is 0.755. The van der Waals surface area contributed by atoms with Gasteiger partial charge in [-0.3, -0.25) is 4.79 Å². The Bertz CT molecular complexity index is 261. The van der Waals surface area contributed by atoms with Gasteiger partial charge in [-0.1, -0.05) is 0 Å². The monoisotopic (exact) mass is 223 g/mol. The summed E-state index contributed by atoms with van der Waals surface area (Å²) in [5.41, 5.74) is 5.52. The first kappa shape index (κ1) is 14.6. The van der Waals surface area contributed by atoms with E-state index in [0.717, 1.165) is 5.75 Å². The van der Waals surface area contributed by atoms with Crippen LogP contribution in [-0.4, -0.2) is 13.0 Å². The van der Waals surface area contributed by atoms with Gasteiger partial charge in [0.2, 0.25) is 5.91 Å². The van der Waals surface area contributed by atoms with Gasteiger partial charge in [0.15, 0.2) is 0 Å². The molecule has 1 rings (SSSR count). The SMILES string of the molecule is COc1ccc(C(N)=O)cc1.Cl.Cl. The van der Waals surface area contributed by atoms with Crippen molar-refractivity contribution in [3.05, 3.63) is 29.8 Å². The first-order valence-electron chi connectivity index (χ1n) is 3.18. The molecule has 13 heavy (non-hydrogen) atoms. The Hall–Kier alpha value is -0.930. The maximum Gasteiger partial charge on any atom is 0.248 e. The number of carbonyl (C=O) groups excluding carboxylic acids is 1. The van der Waals surface area contributed by atoms with Crippen molar-refractivity contribution in [2.24, 2.45) is 5.73 Å². The lowest BCUT2D eigenvalue weighted by Crippen LogP contribution is -2.10. The maximum atomic E-state index is 10.6. The predicted octanol–water partition coefficient (Wildman–Crippen LogP) is 1.64. The molecule has 0 aliphatic carbocycles. The van der Waals surface area contributed by atoms with E-state index in [4.69, 9.17) is 10.5 Å². The van der Waals surface area contributed by atoms with Gasteiger partial charge in [0.05, 0.1) is 7.11 Å². The second kappa shape index (κ2) is 6.57. The molecule has 0 radical (unpaired) electrons. The molecule has 1 amide bonds. The standard InChI is InChI=1S/C8H9NO2.2ClH/c1-11-7-4-2-6(3-5-7)8(9)10;;/h2-5H,1H3,(H2,9,10);2*1H. The molecule has 5 heteroatoms. The molecule has 0 saturated carbocycles. The second-order valence-corrected chi connectivity index (χ2v) is 2.09. The summed E-state index contributed by atoms with van der Waals surface area (Å²) in [7, 11) is 1.57. The molecule has 1 aromatic rings. The summed E-state index contributed by atoms with van der Waals surface area (Å²) < 4.78 is 4.90. The highest BCUT2D eigenvalue weighted by molar-refractivity contribution is 5.92. The Morgan fingerprint density at radius 2 is 1.69 bits per heavy atom. The second-order valence-electron chi connectivity index (χ2n) is 2.09. The van der Waals surface area contributed by atoms with E-state index in [-0.39, 0.29) is 24.8 Å². The van der Waals surface area contributed by atoms with Gasteiger partial charge in [-0.2, -0.15) is 0 Å². The smallest absolute Gasteiger partial charge is 0.248 e. The van der Waals surface area contributed by atoms with Crippen LogP contribution in [0, 0.1) is 0 Å². The molecule has 1 aromatic carbocycles. The lowest BCUT2D eigenvalue weighted by atomic mass is 10.2. The van der Waals surface area contributed by atoms with Crippen molar-refractivity contribution >= 4 is 30.7 Å². The zero-order valence-electron chi connectivity index (χ0n) is 7.02. The third kappa shape index (κ3) is 4.01. The molecule has 74 valence electrons. The molecule has 0 unspecified atom stereocenters. The number of halogens is 2. The molecule has 0 fully saturated rings. The summed E-state index contributed by atoms with van der Waals surface area (Å²) in [5.74, 6) is 0.294. The first-order chi connectivity index (χ1) is 5.24. The molecule has 0 aliphatic heterocycles. The third-order valence-electron chi connectivity index (χ3n) is 1.37. The molecule has 0 aliphatic rings. The molecule has 2 N–H and O–H groups in total. The summed E-state index contributed by atoms with van der Waals surface area (Å²) in [6.07, 6.45) is 0. The molecule has 0 atom stereocenters. The molecule has 0 bridgehead atoms. The molecule has 0 aromatic heterocycles. The number of hydrogen-bond acceptors (Lipinski definition) is 2. The first-order valence-corrected chi connectivity index (χ1v) is 3.18. The average molecular weight is 224 g/mol. The Morgan fingerprint density at radius 1 is 1.23 bits per heavy atom. The van der Waals surface area contributed by atoms with Crippen LogP contribution in [0.3, 0.4) is 0 Å². The van der Waals surface area contributed by atoms with Crippen molar-refractivity contribution in [1.29, 1.82) is 0 Å². The summed E-state index contributed by atoms with van der Waals surface area (Å²) in [4.78, 5) is 10.6. The van der Waals surface area contributed by atoms with Crippen LogP contribution in [0.15, 0.2) is 24.3 Å². The number of amides is 1. The summed E-state index contributed by atoms with van der Waals surface area (Å²) in [5, 5.41) is 0. The number of rotatable bonds is 2. The largest absolute Gasteiger partial charge is 0.497 e. The van der Waals surface area contributed by atoms with Crippen molar-refractivity contribution in [3.63, 3.8) is 0 Å². The highest BCUT2D eigenvalue weighted by Crippen LogP contribution is 2.10. The molecular formula is C8H11Cl2NO2. The minimum Gasteiger partial charge on any atom is -0.497 e. The van der Waals surface area contributed by atoms with Crippen molar-refractivity contribution < 1.29 is 9.53 Å². The van der Waals surface area contributed by atoms with E-state index in [1.165, 1.54) is 0 Å². The number of ether oxygens (including phenoxy) is 1. The summed E-state index contributed by atoms with van der Waals surface area (Å²) >= 11 is 0. The van der Waals surface area contributed by atoms with Crippen molar-refractivity contribution in [1.82, 2.24) is 0 Å². The van der Waals surface area contributed by atoms with Crippen LogP contribution in [0.1, 0.15) is 10.4 Å². The Morgan fingerprint density at radius 3 is 2.00 bits per heavy atom. The van der Waals surface area contributed by atoms with Crippen LogP contribution >= 0.6 is 24.8 Å². The fourth-order valence-electron chi connectivity index (χ4n) is 0.755. The number of hydrogen-bond donors (Lipinski definition) is 1. The van der Waals surface area contributed by atoms with Crippen LogP contribution in [0.2, 0.25) is 0 Å². The minimum absolute atomic E-state index is 0. The van der Waals surface area contributed by atoms with Crippen LogP contribution in [0.4, 0.5) is 0 Å². The topological polar surface area (TPSA) is 52.3 Å². The van der Waals surface area contributed by atoms with Gasteiger partial charge in [-0.15, -0.1) is 24.8 Å². The molecule has 0 heterocycles. The summed E-state index contributed by atoms with van der Waals surface area (Å²) in [6, 6.07) is 6.64. The van der Waals surface area contributed by atoms with Crippen LogP contribution < -0.4 is 10.5 Å². The fraction of sp³-hybridized carbons (Fsp3) is 0.125. The van der Waals surface area contributed by atoms with Gasteiger partial charge >= 0.3 is 0 Å². The van der Waals surface area contributed by atoms with E-state index in [1.54, 1.807) is 31.4 Å². The van der Waals surface area contributed by atoms with E-state index in [9.17, 15) is 4.79 Å². The van der Waals surface area contributed by atoms with Gasteiger partial charge in [0, 0.05) is 5.56 Å². The summed E-state index contributed by atoms with van der Waals surface area (Å²) in [6.45, 7) is 0. The highest BCUT2D eigenvalue weighted by Gasteiger charge is 1.98. The highest BCUT2D eigenvalue weighted by atomic mass is 35.5. The normalized spacial score (nSPS) is 7.77. The van der Waals surface area contributed by atoms with Gasteiger partial charge in [-0.05, 0) is 24.3 Å². The van der Waals surface area contributed by atoms with E-state index >= 15 is 0 Å². The number of methoxy groups -OCH3 is 1. The van der Waals surface area contributed by atoms with E-state index in [1.807, 2.05) is 0 Å². The molecule has 0 saturated heterocycles. The maximum absolute atomic E-state index is 10.6. The van der Waals surface area contributed by atoms with E-state index in [2.05, 4.69) is 0 Å². The average Bonchev–Trinajstić information content (AvgIpc) is 2.05. The number of nitrogens with two attached hydrogens (primary N) is 1. The lowest BCUT2D eigenvalue weighted by Gasteiger charge is -1.98. The Balaban J connectivity index is 0. The molecular weight excluding hydrogens is 213 g/mol. The van der Waals surface area contributed by atoms with Crippen molar-refractivity contribution in [2.75, 3.05) is 7.11 Å². The molecule has 3 nitrogen and oxygen atoms in total. The Labute approximate surface area is 89.1 Å².